The van der Waals surface area contributed by atoms with E-state index in [1.54, 1.807) is 6.07 Å². The molecule has 2 rings (SSSR count). The molecule has 0 aromatic heterocycles. The summed E-state index contributed by atoms with van der Waals surface area (Å²) >= 11 is 3.47. The van der Waals surface area contributed by atoms with E-state index in [0.29, 0.717) is 11.8 Å². The standard InChI is InChI=1S/C13H19BrN2O/c1-3-12(16(2)10-7-15-8-10)11-6-9(14)4-5-13(11)17/h4-6,10,12,15,17H,3,7-8H2,1-2H3. The van der Waals surface area contributed by atoms with Gasteiger partial charge in [0.1, 0.15) is 5.75 Å². The molecule has 1 aromatic carbocycles. The molecule has 1 aliphatic rings. The first-order chi connectivity index (χ1) is 8.13. The lowest BCUT2D eigenvalue weighted by atomic mass is 9.99. The summed E-state index contributed by atoms with van der Waals surface area (Å²) in [5.41, 5.74) is 1.01. The number of nitrogens with zero attached hydrogens (tertiary/aromatic N) is 1. The van der Waals surface area contributed by atoms with Gasteiger partial charge in [-0.2, -0.15) is 0 Å². The monoisotopic (exact) mass is 298 g/mol. The maximum absolute atomic E-state index is 9.99. The number of benzene rings is 1. The molecule has 0 spiro atoms. The lowest BCUT2D eigenvalue weighted by Crippen LogP contribution is -2.56. The predicted octanol–water partition coefficient (Wildman–Crippen LogP) is 2.51. The largest absolute Gasteiger partial charge is 0.508 e. The van der Waals surface area contributed by atoms with Crippen molar-refractivity contribution < 1.29 is 5.11 Å². The summed E-state index contributed by atoms with van der Waals surface area (Å²) in [4.78, 5) is 2.36. The minimum Gasteiger partial charge on any atom is -0.508 e. The van der Waals surface area contributed by atoms with Gasteiger partial charge in [-0.1, -0.05) is 22.9 Å². The van der Waals surface area contributed by atoms with Gasteiger partial charge < -0.3 is 10.4 Å². The number of nitrogens with one attached hydrogen (secondary N) is 1. The van der Waals surface area contributed by atoms with Gasteiger partial charge in [0.2, 0.25) is 0 Å². The second-order valence-electron chi connectivity index (χ2n) is 4.60. The minimum absolute atomic E-state index is 0.277. The Kier molecular flexibility index (Phi) is 4.07. The zero-order valence-electron chi connectivity index (χ0n) is 10.3. The fourth-order valence-corrected chi connectivity index (χ4v) is 2.71. The van der Waals surface area contributed by atoms with Crippen molar-refractivity contribution in [2.75, 3.05) is 20.1 Å². The first kappa shape index (κ1) is 12.9. The van der Waals surface area contributed by atoms with Crippen LogP contribution in [-0.4, -0.2) is 36.2 Å². The highest BCUT2D eigenvalue weighted by molar-refractivity contribution is 9.10. The van der Waals surface area contributed by atoms with Crippen molar-refractivity contribution in [2.45, 2.75) is 25.4 Å². The second kappa shape index (κ2) is 5.38. The zero-order chi connectivity index (χ0) is 12.4. The fourth-order valence-electron chi connectivity index (χ4n) is 2.34. The van der Waals surface area contributed by atoms with Gasteiger partial charge in [-0.25, -0.2) is 0 Å². The van der Waals surface area contributed by atoms with E-state index in [2.05, 4.69) is 40.1 Å². The topological polar surface area (TPSA) is 35.5 Å². The molecule has 1 saturated heterocycles. The molecule has 94 valence electrons. The molecule has 1 aromatic rings. The molecule has 0 saturated carbocycles. The van der Waals surface area contributed by atoms with Gasteiger partial charge in [0.15, 0.2) is 0 Å². The molecule has 2 N–H and O–H groups in total. The van der Waals surface area contributed by atoms with Crippen molar-refractivity contribution in [1.29, 1.82) is 0 Å². The number of phenolic OH excluding ortho intramolecular Hbond substituents is 1. The van der Waals surface area contributed by atoms with Crippen molar-refractivity contribution in [3.05, 3.63) is 28.2 Å². The maximum Gasteiger partial charge on any atom is 0.120 e. The summed E-state index contributed by atoms with van der Waals surface area (Å²) < 4.78 is 1.02. The molecule has 0 radical (unpaired) electrons. The smallest absolute Gasteiger partial charge is 0.120 e. The molecule has 4 heteroatoms. The Morgan fingerprint density at radius 1 is 1.53 bits per heavy atom. The van der Waals surface area contributed by atoms with E-state index >= 15 is 0 Å². The predicted molar refractivity (Wildman–Crippen MR) is 73.3 cm³/mol. The molecule has 0 aliphatic carbocycles. The normalized spacial score (nSPS) is 18.1. The Morgan fingerprint density at radius 2 is 2.24 bits per heavy atom. The van der Waals surface area contributed by atoms with Gasteiger partial charge in [-0.15, -0.1) is 0 Å². The van der Waals surface area contributed by atoms with Crippen LogP contribution in [-0.2, 0) is 0 Å². The van der Waals surface area contributed by atoms with Crippen LogP contribution >= 0.6 is 15.9 Å². The van der Waals surface area contributed by atoms with Crippen molar-refractivity contribution in [2.24, 2.45) is 0 Å². The number of hydrogen-bond donors (Lipinski definition) is 2. The number of halogens is 1. The first-order valence-corrected chi connectivity index (χ1v) is 6.83. The van der Waals surface area contributed by atoms with E-state index in [1.807, 2.05) is 12.1 Å². The summed E-state index contributed by atoms with van der Waals surface area (Å²) in [5.74, 6) is 0.388. The molecule has 1 aliphatic heterocycles. The molecular formula is C13H19BrN2O. The van der Waals surface area contributed by atoms with Crippen LogP contribution in [0.2, 0.25) is 0 Å². The van der Waals surface area contributed by atoms with Gasteiger partial charge in [0, 0.05) is 35.2 Å². The van der Waals surface area contributed by atoms with Crippen LogP contribution < -0.4 is 5.32 Å². The van der Waals surface area contributed by atoms with E-state index in [9.17, 15) is 5.11 Å². The highest BCUT2D eigenvalue weighted by Gasteiger charge is 2.28. The van der Waals surface area contributed by atoms with E-state index in [0.717, 1.165) is 29.5 Å². The fraction of sp³-hybridized carbons (Fsp3) is 0.538. The lowest BCUT2D eigenvalue weighted by Gasteiger charge is -2.40. The third kappa shape index (κ3) is 2.64. The Hall–Kier alpha value is -0.580. The van der Waals surface area contributed by atoms with E-state index in [4.69, 9.17) is 0 Å². The van der Waals surface area contributed by atoms with Gasteiger partial charge in [0.05, 0.1) is 0 Å². The highest BCUT2D eigenvalue weighted by Crippen LogP contribution is 2.33. The van der Waals surface area contributed by atoms with Crippen LogP contribution in [0.5, 0.6) is 5.75 Å². The van der Waals surface area contributed by atoms with Gasteiger partial charge >= 0.3 is 0 Å². The molecule has 1 atom stereocenters. The maximum atomic E-state index is 9.99. The van der Waals surface area contributed by atoms with Gasteiger partial charge in [0.25, 0.3) is 0 Å². The second-order valence-corrected chi connectivity index (χ2v) is 5.52. The summed E-state index contributed by atoms with van der Waals surface area (Å²) in [6.07, 6.45) is 0.997. The molecule has 1 heterocycles. The third-order valence-corrected chi connectivity index (χ3v) is 4.06. The Bertz CT molecular complexity index is 393. The number of phenols is 1. The van der Waals surface area contributed by atoms with E-state index in [-0.39, 0.29) is 6.04 Å². The minimum atomic E-state index is 0.277. The van der Waals surface area contributed by atoms with Crippen molar-refractivity contribution in [3.63, 3.8) is 0 Å². The molecule has 1 fully saturated rings. The molecule has 0 bridgehead atoms. The summed E-state index contributed by atoms with van der Waals surface area (Å²) in [6.45, 7) is 4.25. The summed E-state index contributed by atoms with van der Waals surface area (Å²) in [5, 5.41) is 13.3. The number of likely N-dealkylation sites (N-methyl/N-ethyl adjacent to an activating group) is 1. The first-order valence-electron chi connectivity index (χ1n) is 6.04. The van der Waals surface area contributed by atoms with Crippen molar-refractivity contribution in [1.82, 2.24) is 10.2 Å². The SMILES string of the molecule is CCC(c1cc(Br)ccc1O)N(C)C1CNC1. The Balaban J connectivity index is 2.24. The molecule has 3 nitrogen and oxygen atoms in total. The average Bonchev–Trinajstić information content (AvgIpc) is 2.22. The van der Waals surface area contributed by atoms with Crippen LogP contribution in [0.1, 0.15) is 24.9 Å². The van der Waals surface area contributed by atoms with E-state index in [1.165, 1.54) is 0 Å². The van der Waals surface area contributed by atoms with Crippen LogP contribution in [0.25, 0.3) is 0 Å². The molecule has 0 amide bonds. The van der Waals surface area contributed by atoms with Gasteiger partial charge in [-0.05, 0) is 31.7 Å². The number of aromatic hydroxyl groups is 1. The highest BCUT2D eigenvalue weighted by atomic mass is 79.9. The molecule has 17 heavy (non-hydrogen) atoms. The third-order valence-electron chi connectivity index (χ3n) is 3.56. The Labute approximate surface area is 111 Å². The van der Waals surface area contributed by atoms with Crippen molar-refractivity contribution in [3.8, 4) is 5.75 Å². The zero-order valence-corrected chi connectivity index (χ0v) is 11.9. The quantitative estimate of drug-likeness (QED) is 0.897. The van der Waals surface area contributed by atoms with Crippen LogP contribution in [0.4, 0.5) is 0 Å². The van der Waals surface area contributed by atoms with Crippen LogP contribution in [0, 0.1) is 0 Å². The summed E-state index contributed by atoms with van der Waals surface area (Å²) in [6, 6.07) is 6.51. The Morgan fingerprint density at radius 3 is 2.76 bits per heavy atom. The average molecular weight is 299 g/mol. The summed E-state index contributed by atoms with van der Waals surface area (Å²) in [7, 11) is 2.14. The van der Waals surface area contributed by atoms with Crippen LogP contribution in [0.3, 0.4) is 0 Å². The van der Waals surface area contributed by atoms with Crippen molar-refractivity contribution >= 4 is 15.9 Å². The molecular weight excluding hydrogens is 280 g/mol. The number of rotatable bonds is 4. The van der Waals surface area contributed by atoms with Crippen LogP contribution in [0.15, 0.2) is 22.7 Å². The lowest BCUT2D eigenvalue weighted by molar-refractivity contribution is 0.122. The van der Waals surface area contributed by atoms with Gasteiger partial charge in [-0.3, -0.25) is 4.90 Å². The molecule has 1 unspecified atom stereocenters. The van der Waals surface area contributed by atoms with E-state index < -0.39 is 0 Å². The number of hydrogen-bond acceptors (Lipinski definition) is 3.